The minimum Gasteiger partial charge on any atom is -0.489 e. The van der Waals surface area contributed by atoms with E-state index in [-0.39, 0.29) is 12.8 Å². The molecular weight excluding hydrogens is 380 g/mol. The van der Waals surface area contributed by atoms with Gasteiger partial charge in [0.2, 0.25) is 0 Å². The molecular formula is C25H26O5. The predicted molar refractivity (Wildman–Crippen MR) is 116 cm³/mol. The summed E-state index contributed by atoms with van der Waals surface area (Å²) < 4.78 is 21.5. The second kappa shape index (κ2) is 9.94. The Morgan fingerprint density at radius 3 is 2.17 bits per heavy atom. The first-order valence-corrected chi connectivity index (χ1v) is 9.66. The molecule has 3 aromatic carbocycles. The van der Waals surface area contributed by atoms with Gasteiger partial charge >= 0.3 is 5.97 Å². The quantitative estimate of drug-likeness (QED) is 0.374. The minimum absolute atomic E-state index is 0.187. The van der Waals surface area contributed by atoms with E-state index in [1.165, 1.54) is 7.11 Å². The standard InChI is InChI=1S/C25H26O5/c1-17-12-22(30-16-27-3)13-18(2)24(17)23-14-19(25(26)28-4)10-11-20(23)15-29-21-8-6-5-7-9-21/h5-14H,15-16H2,1-4H3. The number of carbonyl (C=O) groups excluding carboxylic acids is 1. The first-order valence-electron chi connectivity index (χ1n) is 9.66. The molecule has 0 amide bonds. The Bertz CT molecular complexity index is 988. The zero-order chi connectivity index (χ0) is 21.5. The molecule has 0 fully saturated rings. The van der Waals surface area contributed by atoms with E-state index in [4.69, 9.17) is 18.9 Å². The Kier molecular flexibility index (Phi) is 7.09. The summed E-state index contributed by atoms with van der Waals surface area (Å²) in [6.45, 7) is 4.61. The number of benzene rings is 3. The number of rotatable bonds is 8. The summed E-state index contributed by atoms with van der Waals surface area (Å²) >= 11 is 0. The molecule has 0 heterocycles. The monoisotopic (exact) mass is 406 g/mol. The molecule has 0 atom stereocenters. The van der Waals surface area contributed by atoms with Crippen molar-refractivity contribution in [1.82, 2.24) is 0 Å². The lowest BCUT2D eigenvalue weighted by Gasteiger charge is -2.18. The highest BCUT2D eigenvalue weighted by atomic mass is 16.7. The van der Waals surface area contributed by atoms with Gasteiger partial charge in [-0.05, 0) is 78.1 Å². The molecule has 0 spiro atoms. The molecule has 0 aromatic heterocycles. The maximum Gasteiger partial charge on any atom is 0.337 e. The fourth-order valence-corrected chi connectivity index (χ4v) is 3.42. The van der Waals surface area contributed by atoms with Gasteiger partial charge in [0, 0.05) is 7.11 Å². The van der Waals surface area contributed by atoms with Crippen molar-refractivity contribution in [3.8, 4) is 22.6 Å². The van der Waals surface area contributed by atoms with Gasteiger partial charge in [0.1, 0.15) is 18.1 Å². The fraction of sp³-hybridized carbons (Fsp3) is 0.240. The zero-order valence-electron chi connectivity index (χ0n) is 17.7. The van der Waals surface area contributed by atoms with Crippen molar-refractivity contribution in [1.29, 1.82) is 0 Å². The van der Waals surface area contributed by atoms with Gasteiger partial charge in [0.25, 0.3) is 0 Å². The van der Waals surface area contributed by atoms with Gasteiger partial charge < -0.3 is 18.9 Å². The van der Waals surface area contributed by atoms with Crippen LogP contribution in [0.2, 0.25) is 0 Å². The second-order valence-corrected chi connectivity index (χ2v) is 6.95. The Balaban J connectivity index is 2.03. The van der Waals surface area contributed by atoms with Crippen LogP contribution in [-0.2, 0) is 16.1 Å². The van der Waals surface area contributed by atoms with E-state index in [1.807, 2.05) is 68.4 Å². The average Bonchev–Trinajstić information content (AvgIpc) is 2.76. The van der Waals surface area contributed by atoms with Crippen molar-refractivity contribution in [2.24, 2.45) is 0 Å². The zero-order valence-corrected chi connectivity index (χ0v) is 17.7. The third-order valence-corrected chi connectivity index (χ3v) is 4.79. The molecule has 0 aliphatic carbocycles. The van der Waals surface area contributed by atoms with Crippen LogP contribution in [0.15, 0.2) is 60.7 Å². The van der Waals surface area contributed by atoms with Crippen LogP contribution in [0.5, 0.6) is 11.5 Å². The second-order valence-electron chi connectivity index (χ2n) is 6.95. The largest absolute Gasteiger partial charge is 0.489 e. The molecule has 5 nitrogen and oxygen atoms in total. The van der Waals surface area contributed by atoms with Crippen molar-refractivity contribution < 1.29 is 23.7 Å². The minimum atomic E-state index is -0.373. The first kappa shape index (κ1) is 21.4. The van der Waals surface area contributed by atoms with Crippen LogP contribution < -0.4 is 9.47 Å². The average molecular weight is 406 g/mol. The lowest BCUT2D eigenvalue weighted by atomic mass is 9.91. The smallest absolute Gasteiger partial charge is 0.337 e. The van der Waals surface area contributed by atoms with Crippen LogP contribution >= 0.6 is 0 Å². The van der Waals surface area contributed by atoms with Crippen molar-refractivity contribution >= 4 is 5.97 Å². The lowest BCUT2D eigenvalue weighted by molar-refractivity contribution is 0.0510. The summed E-state index contributed by atoms with van der Waals surface area (Å²) in [6, 6.07) is 19.1. The number of aryl methyl sites for hydroxylation is 2. The van der Waals surface area contributed by atoms with Crippen LogP contribution in [-0.4, -0.2) is 27.0 Å². The van der Waals surface area contributed by atoms with E-state index in [0.29, 0.717) is 12.2 Å². The number of ether oxygens (including phenoxy) is 4. The van der Waals surface area contributed by atoms with E-state index in [9.17, 15) is 4.79 Å². The van der Waals surface area contributed by atoms with Gasteiger partial charge in [-0.3, -0.25) is 0 Å². The summed E-state index contributed by atoms with van der Waals surface area (Å²) in [5, 5.41) is 0. The Morgan fingerprint density at radius 1 is 0.833 bits per heavy atom. The number of hydrogen-bond donors (Lipinski definition) is 0. The van der Waals surface area contributed by atoms with Crippen LogP contribution in [0.4, 0.5) is 0 Å². The third kappa shape index (κ3) is 4.99. The van der Waals surface area contributed by atoms with Gasteiger partial charge in [-0.1, -0.05) is 24.3 Å². The van der Waals surface area contributed by atoms with Crippen LogP contribution in [0.25, 0.3) is 11.1 Å². The van der Waals surface area contributed by atoms with E-state index in [2.05, 4.69) is 0 Å². The summed E-state index contributed by atoms with van der Waals surface area (Å²) in [5.41, 5.74) is 5.50. The van der Waals surface area contributed by atoms with Gasteiger partial charge in [-0.25, -0.2) is 4.79 Å². The third-order valence-electron chi connectivity index (χ3n) is 4.79. The maximum atomic E-state index is 12.1. The van der Waals surface area contributed by atoms with Crippen molar-refractivity contribution in [2.75, 3.05) is 21.0 Å². The molecule has 0 aliphatic heterocycles. The molecule has 0 radical (unpaired) electrons. The number of esters is 1. The van der Waals surface area contributed by atoms with E-state index >= 15 is 0 Å². The summed E-state index contributed by atoms with van der Waals surface area (Å²) in [6.07, 6.45) is 0. The molecule has 3 aromatic rings. The molecule has 0 N–H and O–H groups in total. The first-order chi connectivity index (χ1) is 14.5. The SMILES string of the molecule is COCOc1cc(C)c(-c2cc(C(=O)OC)ccc2COc2ccccc2)c(C)c1. The topological polar surface area (TPSA) is 54.0 Å². The summed E-state index contributed by atoms with van der Waals surface area (Å²) in [5.74, 6) is 1.15. The van der Waals surface area contributed by atoms with Crippen LogP contribution in [0.1, 0.15) is 27.0 Å². The fourth-order valence-electron chi connectivity index (χ4n) is 3.42. The summed E-state index contributed by atoms with van der Waals surface area (Å²) in [4.78, 5) is 12.1. The predicted octanol–water partition coefficient (Wildman–Crippen LogP) is 5.32. The Hall–Kier alpha value is -3.31. The van der Waals surface area contributed by atoms with Crippen LogP contribution in [0, 0.1) is 13.8 Å². The van der Waals surface area contributed by atoms with Gasteiger partial charge in [0.05, 0.1) is 12.7 Å². The molecule has 0 saturated carbocycles. The van der Waals surface area contributed by atoms with Crippen molar-refractivity contribution in [3.63, 3.8) is 0 Å². The molecule has 0 unspecified atom stereocenters. The number of methoxy groups -OCH3 is 2. The van der Waals surface area contributed by atoms with Crippen molar-refractivity contribution in [2.45, 2.75) is 20.5 Å². The summed E-state index contributed by atoms with van der Waals surface area (Å²) in [7, 11) is 2.97. The number of para-hydroxylation sites is 1. The molecule has 30 heavy (non-hydrogen) atoms. The van der Waals surface area contributed by atoms with E-state index < -0.39 is 0 Å². The molecule has 156 valence electrons. The van der Waals surface area contributed by atoms with Crippen molar-refractivity contribution in [3.05, 3.63) is 82.9 Å². The highest BCUT2D eigenvalue weighted by Crippen LogP contribution is 2.34. The van der Waals surface area contributed by atoms with Gasteiger partial charge in [-0.15, -0.1) is 0 Å². The Labute approximate surface area is 177 Å². The van der Waals surface area contributed by atoms with Gasteiger partial charge in [-0.2, -0.15) is 0 Å². The molecule has 5 heteroatoms. The lowest BCUT2D eigenvalue weighted by Crippen LogP contribution is -2.06. The highest BCUT2D eigenvalue weighted by Gasteiger charge is 2.16. The van der Waals surface area contributed by atoms with Gasteiger partial charge in [0.15, 0.2) is 6.79 Å². The highest BCUT2D eigenvalue weighted by molar-refractivity contribution is 5.92. The van der Waals surface area contributed by atoms with E-state index in [0.717, 1.165) is 39.3 Å². The normalized spacial score (nSPS) is 10.5. The molecule has 0 bridgehead atoms. The molecule has 0 saturated heterocycles. The molecule has 3 rings (SSSR count). The Morgan fingerprint density at radius 2 is 1.53 bits per heavy atom. The number of carbonyl (C=O) groups is 1. The number of hydrogen-bond acceptors (Lipinski definition) is 5. The van der Waals surface area contributed by atoms with Crippen LogP contribution in [0.3, 0.4) is 0 Å². The molecule has 0 aliphatic rings. The van der Waals surface area contributed by atoms with E-state index in [1.54, 1.807) is 13.2 Å². The maximum absolute atomic E-state index is 12.1.